The Bertz CT molecular complexity index is 793. The second-order valence-corrected chi connectivity index (χ2v) is 6.39. The maximum absolute atomic E-state index is 14.3. The molecular weight excluding hydrogens is 345 g/mol. The van der Waals surface area contributed by atoms with Crippen LogP contribution in [-0.2, 0) is 4.79 Å². The largest absolute Gasteiger partial charge is 0.371 e. The van der Waals surface area contributed by atoms with Gasteiger partial charge in [0.2, 0.25) is 5.91 Å². The van der Waals surface area contributed by atoms with Crippen molar-refractivity contribution in [2.45, 2.75) is 32.7 Å². The van der Waals surface area contributed by atoms with Gasteiger partial charge in [-0.05, 0) is 43.1 Å². The molecule has 2 rings (SSSR count). The van der Waals surface area contributed by atoms with Gasteiger partial charge in [0.25, 0.3) is 5.91 Å². The first-order valence-corrected chi connectivity index (χ1v) is 8.48. The van der Waals surface area contributed by atoms with Gasteiger partial charge in [-0.1, -0.05) is 13.3 Å². The zero-order chi connectivity index (χ0) is 18.6. The molecule has 9 heteroatoms. The lowest BCUT2D eigenvalue weighted by Crippen LogP contribution is -2.35. The number of aryl methyl sites for hydroxylation is 1. The van der Waals surface area contributed by atoms with Crippen LogP contribution < -0.4 is 22.1 Å². The number of nitrogens with zero attached hydrogens (tertiary/aromatic N) is 1. The van der Waals surface area contributed by atoms with Gasteiger partial charge in [0.1, 0.15) is 16.9 Å². The highest BCUT2D eigenvalue weighted by atomic mass is 32.1. The number of hydrogen-bond donors (Lipinski definition) is 4. The number of amides is 2. The van der Waals surface area contributed by atoms with Crippen molar-refractivity contribution >= 4 is 39.7 Å². The van der Waals surface area contributed by atoms with E-state index >= 15 is 0 Å². The van der Waals surface area contributed by atoms with Crippen LogP contribution in [0.1, 0.15) is 35.8 Å². The molecule has 7 nitrogen and oxygen atoms in total. The van der Waals surface area contributed by atoms with Crippen molar-refractivity contribution in [1.82, 2.24) is 4.37 Å². The topological polar surface area (TPSA) is 123 Å². The standard InChI is InChI=1S/C16H20FN5O2S/c1-3-4-11(16(19)24)20-13-7-12(9(15(18)23)6-10(13)17)21-14-5-8(2)22-25-14/h5-7,11,20-21H,3-4H2,1-2H3,(H2,18,23)(H2,19,24). The van der Waals surface area contributed by atoms with Crippen LogP contribution in [0.4, 0.5) is 20.8 Å². The van der Waals surface area contributed by atoms with Crippen LogP contribution in [0.25, 0.3) is 0 Å². The fourth-order valence-corrected chi connectivity index (χ4v) is 2.98. The van der Waals surface area contributed by atoms with Crippen molar-refractivity contribution in [3.63, 3.8) is 0 Å². The molecule has 1 aromatic carbocycles. The number of hydrogen-bond acceptors (Lipinski definition) is 6. The molecule has 25 heavy (non-hydrogen) atoms. The van der Waals surface area contributed by atoms with Gasteiger partial charge in [-0.15, -0.1) is 0 Å². The summed E-state index contributed by atoms with van der Waals surface area (Å²) in [6.07, 6.45) is 1.16. The molecule has 0 fully saturated rings. The van der Waals surface area contributed by atoms with Crippen molar-refractivity contribution in [3.05, 3.63) is 35.3 Å². The van der Waals surface area contributed by atoms with E-state index in [2.05, 4.69) is 15.0 Å². The Morgan fingerprint density at radius 2 is 2.00 bits per heavy atom. The van der Waals surface area contributed by atoms with E-state index in [-0.39, 0.29) is 11.3 Å². The fourth-order valence-electron chi connectivity index (χ4n) is 2.31. The number of anilines is 3. The van der Waals surface area contributed by atoms with E-state index < -0.39 is 23.7 Å². The van der Waals surface area contributed by atoms with Crippen LogP contribution >= 0.6 is 11.5 Å². The van der Waals surface area contributed by atoms with Gasteiger partial charge in [-0.3, -0.25) is 9.59 Å². The van der Waals surface area contributed by atoms with E-state index in [1.807, 2.05) is 13.8 Å². The SMILES string of the molecule is CCCC(Nc1cc(Nc2cc(C)ns2)c(C(N)=O)cc1F)C(N)=O. The van der Waals surface area contributed by atoms with E-state index in [1.165, 1.54) is 17.6 Å². The molecule has 6 N–H and O–H groups in total. The summed E-state index contributed by atoms with van der Waals surface area (Å²) in [5, 5.41) is 6.48. The van der Waals surface area contributed by atoms with Crippen LogP contribution in [0, 0.1) is 12.7 Å². The Balaban J connectivity index is 2.39. The zero-order valence-corrected chi connectivity index (χ0v) is 14.7. The number of nitrogens with two attached hydrogens (primary N) is 2. The molecule has 0 saturated heterocycles. The van der Waals surface area contributed by atoms with Crippen molar-refractivity contribution < 1.29 is 14.0 Å². The Morgan fingerprint density at radius 3 is 2.52 bits per heavy atom. The number of aromatic nitrogens is 1. The Hall–Kier alpha value is -2.68. The van der Waals surface area contributed by atoms with Crippen LogP contribution in [-0.4, -0.2) is 22.2 Å². The highest BCUT2D eigenvalue weighted by molar-refractivity contribution is 7.10. The Morgan fingerprint density at radius 1 is 1.28 bits per heavy atom. The summed E-state index contributed by atoms with van der Waals surface area (Å²) in [7, 11) is 0. The zero-order valence-electron chi connectivity index (χ0n) is 13.9. The molecule has 2 aromatic rings. The Labute approximate surface area is 148 Å². The predicted molar refractivity (Wildman–Crippen MR) is 96.6 cm³/mol. The van der Waals surface area contributed by atoms with Crippen molar-refractivity contribution in [2.24, 2.45) is 11.5 Å². The summed E-state index contributed by atoms with van der Waals surface area (Å²) < 4.78 is 18.5. The predicted octanol–water partition coefficient (Wildman–Crippen LogP) is 2.50. The normalized spacial score (nSPS) is 11.8. The van der Waals surface area contributed by atoms with E-state index in [1.54, 1.807) is 6.07 Å². The van der Waals surface area contributed by atoms with Gasteiger partial charge in [0.05, 0.1) is 22.6 Å². The summed E-state index contributed by atoms with van der Waals surface area (Å²) in [4.78, 5) is 23.1. The number of rotatable bonds is 8. The van der Waals surface area contributed by atoms with Crippen LogP contribution in [0.2, 0.25) is 0 Å². The molecule has 134 valence electrons. The first kappa shape index (κ1) is 18.7. The van der Waals surface area contributed by atoms with E-state index in [0.29, 0.717) is 23.5 Å². The molecule has 0 aliphatic heterocycles. The molecule has 1 heterocycles. The third kappa shape index (κ3) is 4.66. The van der Waals surface area contributed by atoms with Crippen LogP contribution in [0.3, 0.4) is 0 Å². The first-order valence-electron chi connectivity index (χ1n) is 7.71. The maximum Gasteiger partial charge on any atom is 0.250 e. The van der Waals surface area contributed by atoms with E-state index in [4.69, 9.17) is 11.5 Å². The average Bonchev–Trinajstić information content (AvgIpc) is 2.94. The van der Waals surface area contributed by atoms with Gasteiger partial charge in [-0.2, -0.15) is 4.37 Å². The number of benzene rings is 1. The number of nitrogens with one attached hydrogen (secondary N) is 2. The number of carbonyl (C=O) groups is 2. The van der Waals surface area contributed by atoms with Gasteiger partial charge in [0, 0.05) is 0 Å². The van der Waals surface area contributed by atoms with Crippen molar-refractivity contribution in [3.8, 4) is 0 Å². The second-order valence-electron chi connectivity index (χ2n) is 5.59. The smallest absolute Gasteiger partial charge is 0.250 e. The van der Waals surface area contributed by atoms with Crippen molar-refractivity contribution in [1.29, 1.82) is 0 Å². The lowest BCUT2D eigenvalue weighted by molar-refractivity contribution is -0.118. The lowest BCUT2D eigenvalue weighted by atomic mass is 10.1. The van der Waals surface area contributed by atoms with Crippen LogP contribution in [0.15, 0.2) is 18.2 Å². The molecule has 1 aromatic heterocycles. The minimum absolute atomic E-state index is 0.000203. The monoisotopic (exact) mass is 365 g/mol. The summed E-state index contributed by atoms with van der Waals surface area (Å²) >= 11 is 1.20. The summed E-state index contributed by atoms with van der Waals surface area (Å²) in [6.45, 7) is 3.72. The molecule has 0 aliphatic rings. The second kappa shape index (κ2) is 7.93. The molecule has 0 radical (unpaired) electrons. The van der Waals surface area contributed by atoms with E-state index in [0.717, 1.165) is 11.8 Å². The summed E-state index contributed by atoms with van der Waals surface area (Å²) in [5.74, 6) is -2.04. The van der Waals surface area contributed by atoms with Gasteiger partial charge >= 0.3 is 0 Å². The summed E-state index contributed by atoms with van der Waals surface area (Å²) in [6, 6.07) is 3.51. The average molecular weight is 365 g/mol. The van der Waals surface area contributed by atoms with Gasteiger partial charge in [0.15, 0.2) is 0 Å². The number of halogens is 1. The van der Waals surface area contributed by atoms with Gasteiger partial charge < -0.3 is 22.1 Å². The third-order valence-electron chi connectivity index (χ3n) is 3.51. The molecular formula is C16H20FN5O2S. The lowest BCUT2D eigenvalue weighted by Gasteiger charge is -2.18. The molecule has 0 spiro atoms. The minimum Gasteiger partial charge on any atom is -0.371 e. The van der Waals surface area contributed by atoms with E-state index in [9.17, 15) is 14.0 Å². The number of carbonyl (C=O) groups excluding carboxylic acids is 2. The molecule has 2 amide bonds. The molecule has 0 aliphatic carbocycles. The quantitative estimate of drug-likeness (QED) is 0.572. The summed E-state index contributed by atoms with van der Waals surface area (Å²) in [5.41, 5.74) is 11.9. The first-order chi connectivity index (χ1) is 11.8. The van der Waals surface area contributed by atoms with Gasteiger partial charge in [-0.25, -0.2) is 4.39 Å². The maximum atomic E-state index is 14.3. The number of primary amides is 2. The fraction of sp³-hybridized carbons (Fsp3) is 0.312. The Kier molecular flexibility index (Phi) is 5.92. The minimum atomic E-state index is -0.769. The van der Waals surface area contributed by atoms with Crippen molar-refractivity contribution in [2.75, 3.05) is 10.6 Å². The molecule has 0 saturated carbocycles. The molecule has 1 unspecified atom stereocenters. The molecule has 0 bridgehead atoms. The third-order valence-corrected chi connectivity index (χ3v) is 4.30. The highest BCUT2D eigenvalue weighted by Crippen LogP contribution is 2.29. The van der Waals surface area contributed by atoms with Crippen LogP contribution in [0.5, 0.6) is 0 Å². The molecule has 1 atom stereocenters. The highest BCUT2D eigenvalue weighted by Gasteiger charge is 2.19.